The maximum absolute atomic E-state index is 13.7. The van der Waals surface area contributed by atoms with Crippen molar-refractivity contribution in [3.8, 4) is 6.07 Å². The minimum Gasteiger partial charge on any atom is -0.216 e. The lowest BCUT2D eigenvalue weighted by molar-refractivity contribution is 0.303. The van der Waals surface area contributed by atoms with E-state index in [1.807, 2.05) is 12.1 Å². The summed E-state index contributed by atoms with van der Waals surface area (Å²) in [6.07, 6.45) is 11.0. The summed E-state index contributed by atoms with van der Waals surface area (Å²) in [5, 5.41) is 8.78. The van der Waals surface area contributed by atoms with E-state index in [9.17, 15) is 8.78 Å². The van der Waals surface area contributed by atoms with Crippen LogP contribution in [0.25, 0.3) is 0 Å². The molecule has 0 bridgehead atoms. The predicted molar refractivity (Wildman–Crippen MR) is 84.5 cm³/mol. The highest BCUT2D eigenvalue weighted by Gasteiger charge is 2.22. The molecule has 1 aromatic carbocycles. The average molecular weight is 303 g/mol. The second-order valence-electron chi connectivity index (χ2n) is 6.21. The minimum absolute atomic E-state index is 0.125. The zero-order chi connectivity index (χ0) is 15.8. The van der Waals surface area contributed by atoms with Crippen molar-refractivity contribution >= 4 is 0 Å². The summed E-state index contributed by atoms with van der Waals surface area (Å²) in [4.78, 5) is 0. The van der Waals surface area contributed by atoms with Crippen molar-refractivity contribution in [2.24, 2.45) is 5.92 Å². The van der Waals surface area contributed by atoms with E-state index in [1.165, 1.54) is 25.3 Å². The molecule has 0 saturated heterocycles. The summed E-state index contributed by atoms with van der Waals surface area (Å²) in [6.45, 7) is 0. The molecule has 1 aliphatic rings. The van der Waals surface area contributed by atoms with Gasteiger partial charge in [0.25, 0.3) is 0 Å². The molecule has 0 spiro atoms. The van der Waals surface area contributed by atoms with Crippen LogP contribution in [0.2, 0.25) is 0 Å². The Kier molecular flexibility index (Phi) is 6.58. The molecule has 1 fully saturated rings. The van der Waals surface area contributed by atoms with Crippen LogP contribution in [0.4, 0.5) is 8.78 Å². The van der Waals surface area contributed by atoms with Gasteiger partial charge >= 0.3 is 0 Å². The van der Waals surface area contributed by atoms with Crippen molar-refractivity contribution in [1.82, 2.24) is 0 Å². The van der Waals surface area contributed by atoms with Crippen molar-refractivity contribution in [2.75, 3.05) is 0 Å². The second kappa shape index (κ2) is 8.68. The van der Waals surface area contributed by atoms with Crippen molar-refractivity contribution < 1.29 is 8.78 Å². The highest BCUT2D eigenvalue weighted by molar-refractivity contribution is 5.34. The molecule has 0 unspecified atom stereocenters. The SMILES string of the molecule is N#Cc1ccc(C2CCC(CCCC/C=C/F)CC2)cc1F. The third-order valence-corrected chi connectivity index (χ3v) is 4.75. The summed E-state index contributed by atoms with van der Waals surface area (Å²) in [5.41, 5.74) is 1.16. The van der Waals surface area contributed by atoms with E-state index in [0.29, 0.717) is 12.2 Å². The van der Waals surface area contributed by atoms with Crippen molar-refractivity contribution in [3.63, 3.8) is 0 Å². The largest absolute Gasteiger partial charge is 0.216 e. The number of unbranched alkanes of at least 4 members (excludes halogenated alkanes) is 2. The highest BCUT2D eigenvalue weighted by Crippen LogP contribution is 2.38. The molecule has 0 atom stereocenters. The Balaban J connectivity index is 1.77. The van der Waals surface area contributed by atoms with Gasteiger partial charge in [0.05, 0.1) is 11.9 Å². The number of nitriles is 1. The van der Waals surface area contributed by atoms with Crippen LogP contribution in [0.5, 0.6) is 0 Å². The maximum atomic E-state index is 13.7. The van der Waals surface area contributed by atoms with Gasteiger partial charge in [-0.3, -0.25) is 0 Å². The first-order valence-electron chi connectivity index (χ1n) is 8.19. The summed E-state index contributed by atoms with van der Waals surface area (Å²) in [7, 11) is 0. The Morgan fingerprint density at radius 1 is 1.18 bits per heavy atom. The molecule has 1 nitrogen and oxygen atoms in total. The molecule has 118 valence electrons. The van der Waals surface area contributed by atoms with Crippen LogP contribution in [0.1, 0.15) is 68.4 Å². The highest BCUT2D eigenvalue weighted by atomic mass is 19.1. The lowest BCUT2D eigenvalue weighted by Crippen LogP contribution is -2.13. The summed E-state index contributed by atoms with van der Waals surface area (Å²) >= 11 is 0. The maximum Gasteiger partial charge on any atom is 0.141 e. The lowest BCUT2D eigenvalue weighted by Gasteiger charge is -2.29. The van der Waals surface area contributed by atoms with Gasteiger partial charge in [0.2, 0.25) is 0 Å². The number of hydrogen-bond acceptors (Lipinski definition) is 1. The van der Waals surface area contributed by atoms with Crippen LogP contribution in [0.3, 0.4) is 0 Å². The topological polar surface area (TPSA) is 23.8 Å². The molecule has 1 aliphatic carbocycles. The smallest absolute Gasteiger partial charge is 0.141 e. The Hall–Kier alpha value is -1.69. The first kappa shape index (κ1) is 16.7. The predicted octanol–water partition coefficient (Wildman–Crippen LogP) is 6.01. The number of halogens is 2. The van der Waals surface area contributed by atoms with Crippen LogP contribution in [0, 0.1) is 23.1 Å². The van der Waals surface area contributed by atoms with Gasteiger partial charge in [-0.05, 0) is 68.1 Å². The van der Waals surface area contributed by atoms with Gasteiger partial charge in [-0.25, -0.2) is 8.78 Å². The fourth-order valence-corrected chi connectivity index (χ4v) is 3.42. The lowest BCUT2D eigenvalue weighted by atomic mass is 9.77. The van der Waals surface area contributed by atoms with Crippen molar-refractivity contribution in [3.05, 3.63) is 47.5 Å². The molecule has 1 aromatic rings. The summed E-state index contributed by atoms with van der Waals surface area (Å²) in [5.74, 6) is 0.782. The van der Waals surface area contributed by atoms with Crippen LogP contribution in [-0.4, -0.2) is 0 Å². The normalized spacial score (nSPS) is 21.9. The fourth-order valence-electron chi connectivity index (χ4n) is 3.42. The van der Waals surface area contributed by atoms with Crippen molar-refractivity contribution in [1.29, 1.82) is 5.26 Å². The zero-order valence-corrected chi connectivity index (χ0v) is 12.9. The number of benzene rings is 1. The quantitative estimate of drug-likeness (QED) is 0.590. The molecule has 0 heterocycles. The Labute approximate surface area is 131 Å². The number of nitrogens with zero attached hydrogens (tertiary/aromatic N) is 1. The van der Waals surface area contributed by atoms with Crippen molar-refractivity contribution in [2.45, 2.75) is 57.3 Å². The number of hydrogen-bond donors (Lipinski definition) is 0. The van der Waals surface area contributed by atoms with Gasteiger partial charge in [0, 0.05) is 0 Å². The van der Waals surface area contributed by atoms with E-state index in [4.69, 9.17) is 5.26 Å². The standard InChI is InChI=1S/C19H23F2N/c20-12-4-2-1-3-5-15-6-8-16(9-7-15)17-10-11-18(14-22)19(21)13-17/h4,10-13,15-16H,1-3,5-9H2/b12-4+. The Morgan fingerprint density at radius 3 is 2.59 bits per heavy atom. The Morgan fingerprint density at radius 2 is 1.95 bits per heavy atom. The molecule has 0 N–H and O–H groups in total. The van der Waals surface area contributed by atoms with E-state index in [-0.39, 0.29) is 5.56 Å². The van der Waals surface area contributed by atoms with Gasteiger partial charge in [0.1, 0.15) is 11.9 Å². The van der Waals surface area contributed by atoms with Gasteiger partial charge < -0.3 is 0 Å². The van der Waals surface area contributed by atoms with E-state index >= 15 is 0 Å². The van der Waals surface area contributed by atoms with E-state index in [0.717, 1.165) is 43.6 Å². The molecular weight excluding hydrogens is 280 g/mol. The number of allylic oxidation sites excluding steroid dienone is 1. The van der Waals surface area contributed by atoms with E-state index in [1.54, 1.807) is 12.1 Å². The third kappa shape index (κ3) is 4.66. The summed E-state index contributed by atoms with van der Waals surface area (Å²) < 4.78 is 25.5. The van der Waals surface area contributed by atoms with Gasteiger partial charge in [-0.2, -0.15) is 5.26 Å². The zero-order valence-electron chi connectivity index (χ0n) is 12.9. The van der Waals surface area contributed by atoms with Gasteiger partial charge in [0.15, 0.2) is 0 Å². The van der Waals surface area contributed by atoms with Crippen LogP contribution in [-0.2, 0) is 0 Å². The average Bonchev–Trinajstić information content (AvgIpc) is 2.55. The molecule has 1 saturated carbocycles. The molecule has 22 heavy (non-hydrogen) atoms. The first-order valence-corrected chi connectivity index (χ1v) is 8.19. The first-order chi connectivity index (χ1) is 10.7. The second-order valence-corrected chi connectivity index (χ2v) is 6.21. The molecule has 0 amide bonds. The van der Waals surface area contributed by atoms with E-state index < -0.39 is 5.82 Å². The molecule has 0 aromatic heterocycles. The third-order valence-electron chi connectivity index (χ3n) is 4.75. The van der Waals surface area contributed by atoms with Gasteiger partial charge in [-0.15, -0.1) is 0 Å². The monoisotopic (exact) mass is 303 g/mol. The summed E-state index contributed by atoms with van der Waals surface area (Å²) in [6, 6.07) is 6.89. The minimum atomic E-state index is -0.400. The molecular formula is C19H23F2N. The number of rotatable bonds is 6. The van der Waals surface area contributed by atoms with Gasteiger partial charge in [-0.1, -0.05) is 25.0 Å². The van der Waals surface area contributed by atoms with Crippen LogP contribution < -0.4 is 0 Å². The molecule has 3 heteroatoms. The molecule has 2 rings (SSSR count). The molecule has 0 aliphatic heterocycles. The van der Waals surface area contributed by atoms with Crippen LogP contribution in [0.15, 0.2) is 30.6 Å². The molecule has 0 radical (unpaired) electrons. The van der Waals surface area contributed by atoms with E-state index in [2.05, 4.69) is 0 Å². The Bertz CT molecular complexity index is 537. The fraction of sp³-hybridized carbons (Fsp3) is 0.526. The van der Waals surface area contributed by atoms with Crippen LogP contribution >= 0.6 is 0 Å².